The Morgan fingerprint density at radius 2 is 2.18 bits per heavy atom. The van der Waals surface area contributed by atoms with Crippen molar-refractivity contribution >= 4 is 0 Å². The maximum absolute atomic E-state index is 5.48. The van der Waals surface area contributed by atoms with Crippen LogP contribution in [0.2, 0.25) is 0 Å². The van der Waals surface area contributed by atoms with Gasteiger partial charge in [0.1, 0.15) is 0 Å². The molecule has 2 atom stereocenters. The van der Waals surface area contributed by atoms with Gasteiger partial charge in [-0.25, -0.2) is 0 Å². The minimum Gasteiger partial charge on any atom is -0.380 e. The van der Waals surface area contributed by atoms with Crippen molar-refractivity contribution in [3.8, 4) is 0 Å². The molecule has 2 aliphatic rings. The van der Waals surface area contributed by atoms with Crippen molar-refractivity contribution in [2.24, 2.45) is 11.3 Å². The van der Waals surface area contributed by atoms with Crippen LogP contribution < -0.4 is 5.32 Å². The van der Waals surface area contributed by atoms with Crippen molar-refractivity contribution < 1.29 is 4.74 Å². The van der Waals surface area contributed by atoms with Gasteiger partial charge in [0.2, 0.25) is 0 Å². The number of hydrogen-bond acceptors (Lipinski definition) is 3. The number of nitrogens with one attached hydrogen (secondary N) is 1. The molecule has 3 nitrogen and oxygen atoms in total. The van der Waals surface area contributed by atoms with Gasteiger partial charge < -0.3 is 15.0 Å². The molecule has 0 amide bonds. The van der Waals surface area contributed by atoms with E-state index in [2.05, 4.69) is 31.1 Å². The Balaban J connectivity index is 1.86. The Morgan fingerprint density at radius 1 is 1.35 bits per heavy atom. The number of rotatable bonds is 4. The zero-order valence-corrected chi connectivity index (χ0v) is 11.7. The standard InChI is InChI=1S/C14H28N2O/c1-14(2,12-5-4-7-15-9-12)11-16(3)13-6-8-17-10-13/h12-13,15H,4-11H2,1-3H3. The minimum absolute atomic E-state index is 0.408. The maximum atomic E-state index is 5.48. The molecule has 0 bridgehead atoms. The molecular weight excluding hydrogens is 212 g/mol. The van der Waals surface area contributed by atoms with E-state index >= 15 is 0 Å². The topological polar surface area (TPSA) is 24.5 Å². The second kappa shape index (κ2) is 5.68. The van der Waals surface area contributed by atoms with Crippen molar-refractivity contribution in [2.45, 2.75) is 39.2 Å². The van der Waals surface area contributed by atoms with Crippen molar-refractivity contribution in [1.82, 2.24) is 10.2 Å². The van der Waals surface area contributed by atoms with Crippen molar-refractivity contribution in [3.05, 3.63) is 0 Å². The quantitative estimate of drug-likeness (QED) is 0.810. The first-order valence-electron chi connectivity index (χ1n) is 7.08. The average molecular weight is 240 g/mol. The normalized spacial score (nSPS) is 31.1. The van der Waals surface area contributed by atoms with Gasteiger partial charge in [0, 0.05) is 19.2 Å². The molecule has 100 valence electrons. The summed E-state index contributed by atoms with van der Waals surface area (Å²) in [6.45, 7) is 10.3. The molecule has 17 heavy (non-hydrogen) atoms. The number of nitrogens with zero attached hydrogens (tertiary/aromatic N) is 1. The molecule has 0 saturated carbocycles. The third-order valence-electron chi connectivity index (χ3n) is 4.59. The van der Waals surface area contributed by atoms with E-state index in [9.17, 15) is 0 Å². The lowest BCUT2D eigenvalue weighted by Crippen LogP contribution is -2.46. The highest BCUT2D eigenvalue weighted by molar-refractivity contribution is 4.87. The van der Waals surface area contributed by atoms with Crippen LogP contribution in [0.3, 0.4) is 0 Å². The molecule has 0 aromatic heterocycles. The third kappa shape index (κ3) is 3.43. The summed E-state index contributed by atoms with van der Waals surface area (Å²) in [4.78, 5) is 2.52. The molecule has 0 spiro atoms. The van der Waals surface area contributed by atoms with E-state index in [1.165, 1.54) is 38.9 Å². The fourth-order valence-corrected chi connectivity index (χ4v) is 3.29. The van der Waals surface area contributed by atoms with Crippen molar-refractivity contribution in [3.63, 3.8) is 0 Å². The third-order valence-corrected chi connectivity index (χ3v) is 4.59. The molecule has 0 aromatic rings. The molecular formula is C14H28N2O. The van der Waals surface area contributed by atoms with Gasteiger partial charge in [-0.3, -0.25) is 0 Å². The summed E-state index contributed by atoms with van der Waals surface area (Å²) >= 11 is 0. The fourth-order valence-electron chi connectivity index (χ4n) is 3.29. The highest BCUT2D eigenvalue weighted by Crippen LogP contribution is 2.33. The van der Waals surface area contributed by atoms with E-state index in [1.807, 2.05) is 0 Å². The van der Waals surface area contributed by atoms with Crippen LogP contribution in [0, 0.1) is 11.3 Å². The molecule has 2 heterocycles. The van der Waals surface area contributed by atoms with Gasteiger partial charge in [-0.2, -0.15) is 0 Å². The number of piperidine rings is 1. The molecule has 3 heteroatoms. The minimum atomic E-state index is 0.408. The highest BCUT2D eigenvalue weighted by atomic mass is 16.5. The largest absolute Gasteiger partial charge is 0.380 e. The zero-order valence-electron chi connectivity index (χ0n) is 11.7. The molecule has 2 saturated heterocycles. The van der Waals surface area contributed by atoms with Gasteiger partial charge >= 0.3 is 0 Å². The highest BCUT2D eigenvalue weighted by Gasteiger charge is 2.33. The average Bonchev–Trinajstić information content (AvgIpc) is 2.83. The van der Waals surface area contributed by atoms with Gasteiger partial charge in [-0.05, 0) is 50.7 Å². The molecule has 2 rings (SSSR count). The predicted molar refractivity (Wildman–Crippen MR) is 71.2 cm³/mol. The Kier molecular flexibility index (Phi) is 4.45. The number of ether oxygens (including phenoxy) is 1. The van der Waals surface area contributed by atoms with Gasteiger partial charge in [0.25, 0.3) is 0 Å². The Morgan fingerprint density at radius 3 is 2.76 bits per heavy atom. The van der Waals surface area contributed by atoms with E-state index in [4.69, 9.17) is 4.74 Å². The van der Waals surface area contributed by atoms with Crippen LogP contribution in [0.1, 0.15) is 33.1 Å². The van der Waals surface area contributed by atoms with E-state index in [-0.39, 0.29) is 0 Å². The maximum Gasteiger partial charge on any atom is 0.0622 e. The molecule has 1 N–H and O–H groups in total. The van der Waals surface area contributed by atoms with Crippen LogP contribution in [0.25, 0.3) is 0 Å². The lowest BCUT2D eigenvalue weighted by Gasteiger charge is -2.41. The SMILES string of the molecule is CN(CC(C)(C)C1CCCNC1)C1CCOC1. The van der Waals surface area contributed by atoms with Crippen molar-refractivity contribution in [2.75, 3.05) is 39.9 Å². The second-order valence-corrected chi connectivity index (χ2v) is 6.46. The van der Waals surface area contributed by atoms with E-state index in [1.54, 1.807) is 0 Å². The van der Waals surface area contributed by atoms with Gasteiger partial charge in [0.05, 0.1) is 6.61 Å². The zero-order chi connectivity index (χ0) is 12.3. The molecule has 2 unspecified atom stereocenters. The smallest absolute Gasteiger partial charge is 0.0622 e. The Hall–Kier alpha value is -0.120. The van der Waals surface area contributed by atoms with Crippen LogP contribution >= 0.6 is 0 Å². The fraction of sp³-hybridized carbons (Fsp3) is 1.00. The van der Waals surface area contributed by atoms with Crippen LogP contribution in [-0.2, 0) is 4.74 Å². The number of likely N-dealkylation sites (N-methyl/N-ethyl adjacent to an activating group) is 1. The molecule has 2 fully saturated rings. The first kappa shape index (κ1) is 13.3. The molecule has 2 aliphatic heterocycles. The van der Waals surface area contributed by atoms with E-state index in [0.717, 1.165) is 19.1 Å². The Bertz CT molecular complexity index is 230. The summed E-state index contributed by atoms with van der Waals surface area (Å²) < 4.78 is 5.48. The summed E-state index contributed by atoms with van der Waals surface area (Å²) in [5.74, 6) is 0.820. The Labute approximate surface area is 106 Å². The molecule has 0 aliphatic carbocycles. The van der Waals surface area contributed by atoms with Crippen LogP contribution in [0.5, 0.6) is 0 Å². The predicted octanol–water partition coefficient (Wildman–Crippen LogP) is 1.73. The first-order valence-corrected chi connectivity index (χ1v) is 7.08. The summed E-state index contributed by atoms with van der Waals surface area (Å²) in [5, 5.41) is 3.54. The first-order chi connectivity index (χ1) is 8.09. The van der Waals surface area contributed by atoms with Crippen LogP contribution in [0.4, 0.5) is 0 Å². The lowest BCUT2D eigenvalue weighted by molar-refractivity contribution is 0.0836. The van der Waals surface area contributed by atoms with Crippen LogP contribution in [-0.4, -0.2) is 50.8 Å². The van der Waals surface area contributed by atoms with Crippen molar-refractivity contribution in [1.29, 1.82) is 0 Å². The van der Waals surface area contributed by atoms with E-state index < -0.39 is 0 Å². The summed E-state index contributed by atoms with van der Waals surface area (Å²) in [7, 11) is 2.26. The molecule has 0 radical (unpaired) electrons. The summed E-state index contributed by atoms with van der Waals surface area (Å²) in [5.41, 5.74) is 0.408. The van der Waals surface area contributed by atoms with Crippen LogP contribution in [0.15, 0.2) is 0 Å². The summed E-state index contributed by atoms with van der Waals surface area (Å²) in [6.07, 6.45) is 3.93. The second-order valence-electron chi connectivity index (χ2n) is 6.46. The number of hydrogen-bond donors (Lipinski definition) is 1. The summed E-state index contributed by atoms with van der Waals surface area (Å²) in [6, 6.07) is 0.644. The monoisotopic (exact) mass is 240 g/mol. The van der Waals surface area contributed by atoms with E-state index in [0.29, 0.717) is 11.5 Å². The molecule has 0 aromatic carbocycles. The van der Waals surface area contributed by atoms with Gasteiger partial charge in [0.15, 0.2) is 0 Å². The lowest BCUT2D eigenvalue weighted by atomic mass is 9.74. The van der Waals surface area contributed by atoms with Gasteiger partial charge in [-0.15, -0.1) is 0 Å². The van der Waals surface area contributed by atoms with Gasteiger partial charge in [-0.1, -0.05) is 13.8 Å².